The van der Waals surface area contributed by atoms with Gasteiger partial charge in [0, 0.05) is 25.2 Å². The SMILES string of the molecule is CCc1ccc(C(=O)NOCC2(C(=O)NCc3cccc4ccccc34)CCN(C(=O)CN)CC2)cc1. The second kappa shape index (κ2) is 12.0. The third-order valence-electron chi connectivity index (χ3n) is 7.19. The smallest absolute Gasteiger partial charge is 0.274 e. The van der Waals surface area contributed by atoms with E-state index in [1.54, 1.807) is 17.0 Å². The number of amides is 3. The molecule has 3 amide bonds. The number of aryl methyl sites for hydroxylation is 1. The zero-order valence-electron chi connectivity index (χ0n) is 21.2. The molecule has 37 heavy (non-hydrogen) atoms. The highest BCUT2D eigenvalue weighted by Gasteiger charge is 2.43. The van der Waals surface area contributed by atoms with E-state index in [9.17, 15) is 14.4 Å². The monoisotopic (exact) mass is 502 g/mol. The number of rotatable bonds is 9. The van der Waals surface area contributed by atoms with Gasteiger partial charge in [0.2, 0.25) is 11.8 Å². The predicted molar refractivity (Wildman–Crippen MR) is 142 cm³/mol. The average molecular weight is 503 g/mol. The molecule has 1 aliphatic heterocycles. The van der Waals surface area contributed by atoms with Crippen LogP contribution in [0.4, 0.5) is 0 Å². The van der Waals surface area contributed by atoms with E-state index < -0.39 is 5.41 Å². The second-order valence-corrected chi connectivity index (χ2v) is 9.46. The number of nitrogens with zero attached hydrogens (tertiary/aromatic N) is 1. The van der Waals surface area contributed by atoms with Crippen molar-refractivity contribution in [2.75, 3.05) is 26.2 Å². The molecule has 194 valence electrons. The highest BCUT2D eigenvalue weighted by atomic mass is 16.7. The molecule has 0 saturated carbocycles. The number of carbonyl (C=O) groups excluding carboxylic acids is 3. The summed E-state index contributed by atoms with van der Waals surface area (Å²) < 4.78 is 0. The van der Waals surface area contributed by atoms with Crippen LogP contribution < -0.4 is 16.5 Å². The van der Waals surface area contributed by atoms with Crippen LogP contribution in [0.15, 0.2) is 66.7 Å². The summed E-state index contributed by atoms with van der Waals surface area (Å²) in [6.45, 7) is 3.14. The fraction of sp³-hybridized carbons (Fsp3) is 0.345. The van der Waals surface area contributed by atoms with E-state index in [2.05, 4.69) is 17.7 Å². The lowest BCUT2D eigenvalue weighted by Crippen LogP contribution is -2.53. The standard InChI is InChI=1S/C29H34N4O4/c1-2-21-10-12-23(13-11-21)27(35)32-37-20-29(14-16-33(17-15-29)26(34)18-30)28(36)31-19-24-8-5-7-22-6-3-4-9-25(22)24/h3-13H,2,14-20,30H2,1H3,(H,31,36)(H,32,35). The number of hydroxylamine groups is 1. The van der Waals surface area contributed by atoms with Crippen LogP contribution in [0.25, 0.3) is 10.8 Å². The highest BCUT2D eigenvalue weighted by Crippen LogP contribution is 2.32. The summed E-state index contributed by atoms with van der Waals surface area (Å²) in [6.07, 6.45) is 1.70. The summed E-state index contributed by atoms with van der Waals surface area (Å²) >= 11 is 0. The molecule has 4 N–H and O–H groups in total. The Morgan fingerprint density at radius 1 is 0.973 bits per heavy atom. The lowest BCUT2D eigenvalue weighted by Gasteiger charge is -2.40. The summed E-state index contributed by atoms with van der Waals surface area (Å²) in [5.41, 5.74) is 9.76. The molecular weight excluding hydrogens is 468 g/mol. The Hall–Kier alpha value is -3.75. The molecule has 0 bridgehead atoms. The average Bonchev–Trinajstić information content (AvgIpc) is 2.95. The van der Waals surface area contributed by atoms with Crippen LogP contribution in [-0.4, -0.2) is 48.9 Å². The fourth-order valence-corrected chi connectivity index (χ4v) is 4.75. The normalized spacial score (nSPS) is 14.8. The van der Waals surface area contributed by atoms with Gasteiger partial charge in [0.1, 0.15) is 0 Å². The third-order valence-corrected chi connectivity index (χ3v) is 7.19. The summed E-state index contributed by atoms with van der Waals surface area (Å²) in [5, 5.41) is 5.27. The first-order valence-corrected chi connectivity index (χ1v) is 12.7. The van der Waals surface area contributed by atoms with Crippen LogP contribution in [0.1, 0.15) is 41.3 Å². The highest BCUT2D eigenvalue weighted by molar-refractivity contribution is 5.93. The van der Waals surface area contributed by atoms with Gasteiger partial charge < -0.3 is 16.0 Å². The predicted octanol–water partition coefficient (Wildman–Crippen LogP) is 2.95. The molecule has 3 aromatic rings. The molecule has 1 fully saturated rings. The maximum atomic E-state index is 13.6. The van der Waals surface area contributed by atoms with Crippen molar-refractivity contribution in [3.05, 3.63) is 83.4 Å². The molecule has 4 rings (SSSR count). The van der Waals surface area contributed by atoms with Gasteiger partial charge in [-0.05, 0) is 53.3 Å². The lowest BCUT2D eigenvalue weighted by atomic mass is 9.78. The molecular formula is C29H34N4O4. The van der Waals surface area contributed by atoms with Crippen LogP contribution in [-0.2, 0) is 27.4 Å². The summed E-state index contributed by atoms with van der Waals surface area (Å²) in [7, 11) is 0. The van der Waals surface area contributed by atoms with Crippen LogP contribution in [0.2, 0.25) is 0 Å². The fourth-order valence-electron chi connectivity index (χ4n) is 4.75. The number of nitrogens with two attached hydrogens (primary N) is 1. The minimum atomic E-state index is -0.894. The number of likely N-dealkylation sites (tertiary alicyclic amines) is 1. The number of carbonyl (C=O) groups is 3. The third kappa shape index (κ3) is 6.15. The van der Waals surface area contributed by atoms with Crippen molar-refractivity contribution in [1.29, 1.82) is 0 Å². The maximum Gasteiger partial charge on any atom is 0.274 e. The molecule has 0 aromatic heterocycles. The molecule has 0 unspecified atom stereocenters. The van der Waals surface area contributed by atoms with Crippen molar-refractivity contribution in [2.24, 2.45) is 11.1 Å². The molecule has 1 saturated heterocycles. The van der Waals surface area contributed by atoms with Gasteiger partial charge in [0.05, 0.1) is 18.6 Å². The molecule has 8 heteroatoms. The Kier molecular flexibility index (Phi) is 8.53. The van der Waals surface area contributed by atoms with E-state index in [-0.39, 0.29) is 30.9 Å². The molecule has 0 radical (unpaired) electrons. The van der Waals surface area contributed by atoms with Crippen LogP contribution in [0, 0.1) is 5.41 Å². The second-order valence-electron chi connectivity index (χ2n) is 9.46. The Morgan fingerprint density at radius 3 is 2.38 bits per heavy atom. The van der Waals surface area contributed by atoms with Crippen molar-refractivity contribution in [3.8, 4) is 0 Å². The molecule has 0 spiro atoms. The zero-order valence-corrected chi connectivity index (χ0v) is 21.2. The van der Waals surface area contributed by atoms with Crippen LogP contribution >= 0.6 is 0 Å². The molecule has 1 aliphatic rings. The summed E-state index contributed by atoms with van der Waals surface area (Å²) in [4.78, 5) is 45.5. The van der Waals surface area contributed by atoms with E-state index >= 15 is 0 Å². The first kappa shape index (κ1) is 26.3. The Bertz CT molecular complexity index is 1250. The van der Waals surface area contributed by atoms with Gasteiger partial charge in [-0.15, -0.1) is 0 Å². The number of benzene rings is 3. The van der Waals surface area contributed by atoms with Gasteiger partial charge in [-0.3, -0.25) is 19.2 Å². The topological polar surface area (TPSA) is 114 Å². The minimum Gasteiger partial charge on any atom is -0.351 e. The van der Waals surface area contributed by atoms with Crippen molar-refractivity contribution in [1.82, 2.24) is 15.7 Å². The van der Waals surface area contributed by atoms with E-state index in [0.29, 0.717) is 38.0 Å². The van der Waals surface area contributed by atoms with E-state index in [0.717, 1.165) is 28.3 Å². The number of piperidine rings is 1. The number of hydrogen-bond acceptors (Lipinski definition) is 5. The largest absolute Gasteiger partial charge is 0.351 e. The van der Waals surface area contributed by atoms with Crippen LogP contribution in [0.5, 0.6) is 0 Å². The van der Waals surface area contributed by atoms with Gasteiger partial charge >= 0.3 is 0 Å². The van der Waals surface area contributed by atoms with Gasteiger partial charge in [-0.1, -0.05) is 61.5 Å². The maximum absolute atomic E-state index is 13.6. The van der Waals surface area contributed by atoms with Crippen molar-refractivity contribution in [2.45, 2.75) is 32.7 Å². The number of fused-ring (bicyclic) bond motifs is 1. The quantitative estimate of drug-likeness (QED) is 0.390. The van der Waals surface area contributed by atoms with E-state index in [1.165, 1.54) is 0 Å². The number of nitrogens with one attached hydrogen (secondary N) is 2. The summed E-state index contributed by atoms with van der Waals surface area (Å²) in [5.74, 6) is -0.680. The molecule has 0 atom stereocenters. The van der Waals surface area contributed by atoms with E-state index in [1.807, 2.05) is 54.6 Å². The van der Waals surface area contributed by atoms with Crippen molar-refractivity contribution < 1.29 is 19.2 Å². The Labute approximate surface area is 217 Å². The molecule has 8 nitrogen and oxygen atoms in total. The first-order chi connectivity index (χ1) is 18.0. The van der Waals surface area contributed by atoms with Crippen molar-refractivity contribution >= 4 is 28.5 Å². The van der Waals surface area contributed by atoms with Gasteiger partial charge in [0.15, 0.2) is 0 Å². The van der Waals surface area contributed by atoms with Gasteiger partial charge in [-0.25, -0.2) is 5.48 Å². The molecule has 3 aromatic carbocycles. The molecule has 0 aliphatic carbocycles. The van der Waals surface area contributed by atoms with Crippen LogP contribution in [0.3, 0.4) is 0 Å². The lowest BCUT2D eigenvalue weighted by molar-refractivity contribution is -0.145. The molecule has 1 heterocycles. The minimum absolute atomic E-state index is 0.00217. The Morgan fingerprint density at radius 2 is 1.68 bits per heavy atom. The zero-order chi connectivity index (χ0) is 26.3. The summed E-state index contributed by atoms with van der Waals surface area (Å²) in [6, 6.07) is 21.4. The van der Waals surface area contributed by atoms with E-state index in [4.69, 9.17) is 10.6 Å². The van der Waals surface area contributed by atoms with Crippen molar-refractivity contribution in [3.63, 3.8) is 0 Å². The van der Waals surface area contributed by atoms with Gasteiger partial charge in [0.25, 0.3) is 5.91 Å². The first-order valence-electron chi connectivity index (χ1n) is 12.7. The van der Waals surface area contributed by atoms with Gasteiger partial charge in [-0.2, -0.15) is 0 Å². The number of hydrogen-bond donors (Lipinski definition) is 3. The Balaban J connectivity index is 1.43.